The van der Waals surface area contributed by atoms with Crippen molar-refractivity contribution in [1.82, 2.24) is 9.88 Å². The molecule has 0 aliphatic carbocycles. The molecular weight excluding hydrogens is 348 g/mol. The Morgan fingerprint density at radius 3 is 1.69 bits per heavy atom. The summed E-state index contributed by atoms with van der Waals surface area (Å²) in [6.45, 7) is -0.732. The van der Waals surface area contributed by atoms with Crippen LogP contribution in [0.3, 0.4) is 0 Å². The number of rotatable bonds is 5. The zero-order valence-electron chi connectivity index (χ0n) is 13.4. The lowest BCUT2D eigenvalue weighted by Crippen LogP contribution is -2.46. The van der Waals surface area contributed by atoms with Crippen LogP contribution in [-0.2, 0) is 6.54 Å². The van der Waals surface area contributed by atoms with Gasteiger partial charge in [0.05, 0.1) is 10.2 Å². The first-order valence-corrected chi connectivity index (χ1v) is 7.65. The number of para-hydroxylation sites is 2. The number of nitrogens with zero attached hydrogens (tertiary/aromatic N) is 2. The van der Waals surface area contributed by atoms with Gasteiger partial charge in [0.2, 0.25) is 5.69 Å². The van der Waals surface area contributed by atoms with Gasteiger partial charge in [-0.2, -0.15) is 0 Å². The Labute approximate surface area is 146 Å². The molecule has 0 aliphatic heterocycles. The van der Waals surface area contributed by atoms with E-state index in [2.05, 4.69) is 5.29 Å². The van der Waals surface area contributed by atoms with E-state index in [1.165, 1.54) is 24.3 Å². The molecule has 0 N–H and O–H groups in total. The van der Waals surface area contributed by atoms with Crippen LogP contribution >= 0.6 is 0 Å². The van der Waals surface area contributed by atoms with Gasteiger partial charge in [-0.15, -0.1) is 0 Å². The van der Waals surface area contributed by atoms with Gasteiger partial charge >= 0.3 is 5.29 Å². The maximum atomic E-state index is 14.5. The summed E-state index contributed by atoms with van der Waals surface area (Å²) in [6, 6.07) is 13.7. The lowest BCUT2D eigenvalue weighted by molar-refractivity contribution is 0.306. The fraction of sp³-hybridized carbons (Fsp3) is 0.0526. The van der Waals surface area contributed by atoms with Crippen molar-refractivity contribution in [3.63, 3.8) is 0 Å². The lowest BCUT2D eigenvalue weighted by Gasteiger charge is -2.18. The molecule has 3 aromatic carbocycles. The van der Waals surface area contributed by atoms with Gasteiger partial charge in [0, 0.05) is 12.1 Å². The van der Waals surface area contributed by atoms with Crippen molar-refractivity contribution >= 4 is 11.4 Å². The molecule has 0 spiro atoms. The minimum absolute atomic E-state index is 0.0640. The summed E-state index contributed by atoms with van der Waals surface area (Å²) < 4.78 is 56.0. The predicted molar refractivity (Wildman–Crippen MR) is 89.8 cm³/mol. The van der Waals surface area contributed by atoms with Gasteiger partial charge in [-0.1, -0.05) is 30.3 Å². The molecule has 0 amide bonds. The van der Waals surface area contributed by atoms with Gasteiger partial charge in [-0.05, 0) is 24.3 Å². The van der Waals surface area contributed by atoms with Crippen LogP contribution < -0.4 is 9.88 Å². The normalized spacial score (nSPS) is 13.2. The number of nitroso groups, excluding NO2 is 1. The molecule has 3 rings (SSSR count). The van der Waals surface area contributed by atoms with Crippen molar-refractivity contribution < 1.29 is 17.6 Å². The largest absolute Gasteiger partial charge is 0.586 e. The zero-order chi connectivity index (χ0) is 18.7. The number of quaternary nitrogens is 1. The quantitative estimate of drug-likeness (QED) is 0.353. The molecule has 0 heterocycles. The van der Waals surface area contributed by atoms with E-state index < -0.39 is 45.7 Å². The van der Waals surface area contributed by atoms with E-state index in [4.69, 9.17) is 0 Å². The van der Waals surface area contributed by atoms with E-state index in [1.807, 2.05) is 0 Å². The number of hydrogen-bond donors (Lipinski definition) is 0. The molecule has 26 heavy (non-hydrogen) atoms. The Kier molecular flexibility index (Phi) is 4.81. The van der Waals surface area contributed by atoms with E-state index in [0.717, 1.165) is 36.4 Å². The van der Waals surface area contributed by atoms with Crippen LogP contribution in [0.15, 0.2) is 66.7 Å². The van der Waals surface area contributed by atoms with Gasteiger partial charge in [-0.3, -0.25) is 0 Å². The van der Waals surface area contributed by atoms with Crippen LogP contribution in [0.25, 0.3) is 0 Å². The first-order valence-electron chi connectivity index (χ1n) is 7.65. The highest BCUT2D eigenvalue weighted by Gasteiger charge is 2.54. The summed E-state index contributed by atoms with van der Waals surface area (Å²) in [5.41, 5.74) is -1.15. The fourth-order valence-corrected chi connectivity index (χ4v) is 2.85. The molecule has 0 bridgehead atoms. The van der Waals surface area contributed by atoms with Gasteiger partial charge in [0.15, 0.2) is 23.1 Å². The molecule has 0 aromatic heterocycles. The van der Waals surface area contributed by atoms with E-state index in [0.29, 0.717) is 0 Å². The van der Waals surface area contributed by atoms with Crippen LogP contribution in [0.2, 0.25) is 0 Å². The molecule has 1 atom stereocenters. The van der Waals surface area contributed by atoms with Gasteiger partial charge < -0.3 is 0 Å². The average molecular weight is 361 g/mol. The fourth-order valence-electron chi connectivity index (χ4n) is 2.85. The number of hydrogen-bond acceptors (Lipinski definition) is 2. The summed E-state index contributed by atoms with van der Waals surface area (Å²) in [5, 5.41) is 2.93. The topological polar surface area (TPSA) is 31.2 Å². The second-order valence-electron chi connectivity index (χ2n) is 5.62. The van der Waals surface area contributed by atoms with Crippen LogP contribution in [0.4, 0.5) is 28.9 Å². The third-order valence-electron chi connectivity index (χ3n) is 4.08. The summed E-state index contributed by atoms with van der Waals surface area (Å²) in [5.74, 6) is -3.98. The second-order valence-corrected chi connectivity index (χ2v) is 5.62. The van der Waals surface area contributed by atoms with Crippen LogP contribution in [0.1, 0.15) is 5.56 Å². The van der Waals surface area contributed by atoms with Crippen LogP contribution in [-0.4, -0.2) is 0 Å². The first-order chi connectivity index (χ1) is 12.5. The molecule has 7 heteroatoms. The predicted octanol–water partition coefficient (Wildman–Crippen LogP) is 5.10. The Morgan fingerprint density at radius 2 is 1.19 bits per heavy atom. The highest BCUT2D eigenvalue weighted by Crippen LogP contribution is 2.38. The molecular formula is C19H13F4N2O+2. The van der Waals surface area contributed by atoms with E-state index >= 15 is 0 Å². The van der Waals surface area contributed by atoms with Crippen molar-refractivity contribution in [2.24, 2.45) is 0 Å². The van der Waals surface area contributed by atoms with Crippen molar-refractivity contribution in [2.75, 3.05) is 0 Å². The Bertz CT molecular complexity index is 909. The minimum Gasteiger partial charge on any atom is -0.206 e. The van der Waals surface area contributed by atoms with E-state index in [-0.39, 0.29) is 5.69 Å². The molecule has 0 saturated heterocycles. The smallest absolute Gasteiger partial charge is 0.206 e. The molecule has 0 saturated carbocycles. The molecule has 1 unspecified atom stereocenters. The highest BCUT2D eigenvalue weighted by atomic mass is 19.1. The number of halogens is 4. The summed E-state index contributed by atoms with van der Waals surface area (Å²) in [4.78, 5) is 11.9. The Morgan fingerprint density at radius 1 is 0.692 bits per heavy atom. The molecule has 0 aliphatic rings. The Balaban J connectivity index is 2.31. The molecule has 3 nitrogen and oxygen atoms in total. The second kappa shape index (κ2) is 7.05. The molecule has 1 radical (unpaired) electrons. The summed E-state index contributed by atoms with van der Waals surface area (Å²) in [7, 11) is 0. The van der Waals surface area contributed by atoms with Crippen molar-refractivity contribution in [3.8, 4) is 0 Å². The molecule has 3 aromatic rings. The third kappa shape index (κ3) is 2.97. The van der Waals surface area contributed by atoms with Crippen molar-refractivity contribution in [2.45, 2.75) is 6.54 Å². The monoisotopic (exact) mass is 361 g/mol. The highest BCUT2D eigenvalue weighted by molar-refractivity contribution is 5.58. The van der Waals surface area contributed by atoms with Crippen molar-refractivity contribution in [3.05, 3.63) is 100 Å². The average Bonchev–Trinajstić information content (AvgIpc) is 2.64. The van der Waals surface area contributed by atoms with Crippen molar-refractivity contribution in [1.29, 1.82) is 0 Å². The van der Waals surface area contributed by atoms with Gasteiger partial charge in [0.25, 0.3) is 5.69 Å². The summed E-state index contributed by atoms with van der Waals surface area (Å²) in [6.07, 6.45) is 0. The summed E-state index contributed by atoms with van der Waals surface area (Å²) >= 11 is 0. The third-order valence-corrected chi connectivity index (χ3v) is 4.08. The number of benzene rings is 3. The SMILES string of the molecule is O=[N+][N+](Cc1c(F)cccc1F)(c1ccccc1)c1c(F)cccc1F. The minimum atomic E-state index is -1.31. The van der Waals surface area contributed by atoms with Crippen LogP contribution in [0.5, 0.6) is 0 Å². The van der Waals surface area contributed by atoms with E-state index in [1.54, 1.807) is 6.07 Å². The molecule has 0 fully saturated rings. The van der Waals surface area contributed by atoms with Crippen LogP contribution in [0, 0.1) is 28.2 Å². The standard InChI is InChI=1S/C19H13F4N2O/c20-15-8-4-9-16(21)14(15)12-25(24-26,13-6-2-1-3-7-13)19-17(22)10-5-11-18(19)23/h1-11H,12H2/q+2. The van der Waals surface area contributed by atoms with Gasteiger partial charge in [0.1, 0.15) is 11.6 Å². The van der Waals surface area contributed by atoms with E-state index in [9.17, 15) is 22.5 Å². The van der Waals surface area contributed by atoms with Gasteiger partial charge in [-0.25, -0.2) is 17.6 Å². The Hall–Kier alpha value is -3.06. The maximum absolute atomic E-state index is 14.5. The first kappa shape index (κ1) is 17.8. The lowest BCUT2D eigenvalue weighted by atomic mass is 10.1. The zero-order valence-corrected chi connectivity index (χ0v) is 13.4. The maximum Gasteiger partial charge on any atom is 0.586 e. The molecule has 131 valence electrons.